The zero-order valence-corrected chi connectivity index (χ0v) is 8.08. The standard InChI is InChI=1S/C12H14O/c1-3-9(2)12-8-10-6-4-5-7-11(10)13-12/h4-9H,3H2,1-2H3/t9-/m1/s1. The summed E-state index contributed by atoms with van der Waals surface area (Å²) in [5.41, 5.74) is 0.998. The molecule has 68 valence electrons. The molecule has 1 aromatic heterocycles. The van der Waals surface area contributed by atoms with Gasteiger partial charge in [0, 0.05) is 11.3 Å². The molecule has 0 N–H and O–H groups in total. The van der Waals surface area contributed by atoms with Crippen molar-refractivity contribution in [3.05, 3.63) is 36.1 Å². The Labute approximate surface area is 78.4 Å². The molecule has 0 unspecified atom stereocenters. The molecule has 0 amide bonds. The average Bonchev–Trinajstić information content (AvgIpc) is 2.59. The number of para-hydroxylation sites is 1. The minimum Gasteiger partial charge on any atom is -0.461 e. The van der Waals surface area contributed by atoms with Crippen LogP contribution < -0.4 is 0 Å². The fourth-order valence-electron chi connectivity index (χ4n) is 1.45. The Balaban J connectivity index is 2.49. The van der Waals surface area contributed by atoms with Gasteiger partial charge in [0.2, 0.25) is 0 Å². The highest BCUT2D eigenvalue weighted by molar-refractivity contribution is 5.77. The second kappa shape index (κ2) is 3.25. The summed E-state index contributed by atoms with van der Waals surface area (Å²) in [6.45, 7) is 4.37. The van der Waals surface area contributed by atoms with E-state index in [4.69, 9.17) is 4.42 Å². The molecule has 2 aromatic rings. The summed E-state index contributed by atoms with van der Waals surface area (Å²) in [4.78, 5) is 0. The summed E-state index contributed by atoms with van der Waals surface area (Å²) < 4.78 is 5.72. The van der Waals surface area contributed by atoms with Gasteiger partial charge in [-0.25, -0.2) is 0 Å². The highest BCUT2D eigenvalue weighted by Crippen LogP contribution is 2.26. The van der Waals surface area contributed by atoms with Gasteiger partial charge in [0.1, 0.15) is 11.3 Å². The van der Waals surface area contributed by atoms with Crippen LogP contribution in [0.15, 0.2) is 34.7 Å². The van der Waals surface area contributed by atoms with Crippen molar-refractivity contribution in [3.63, 3.8) is 0 Å². The van der Waals surface area contributed by atoms with Gasteiger partial charge in [0.05, 0.1) is 0 Å². The fraction of sp³-hybridized carbons (Fsp3) is 0.333. The van der Waals surface area contributed by atoms with E-state index in [-0.39, 0.29) is 0 Å². The lowest BCUT2D eigenvalue weighted by Crippen LogP contribution is -1.86. The highest BCUT2D eigenvalue weighted by atomic mass is 16.3. The SMILES string of the molecule is CC[C@@H](C)c1cc2ccccc2o1. The summed E-state index contributed by atoms with van der Waals surface area (Å²) in [6.07, 6.45) is 1.12. The second-order valence-electron chi connectivity index (χ2n) is 3.50. The van der Waals surface area contributed by atoms with Crippen LogP contribution in [0.1, 0.15) is 31.9 Å². The Hall–Kier alpha value is -1.24. The van der Waals surface area contributed by atoms with Crippen molar-refractivity contribution >= 4 is 11.0 Å². The summed E-state index contributed by atoms with van der Waals surface area (Å²) in [5.74, 6) is 1.62. The van der Waals surface area contributed by atoms with Crippen LogP contribution in [0.3, 0.4) is 0 Å². The van der Waals surface area contributed by atoms with Crippen LogP contribution in [0.5, 0.6) is 0 Å². The van der Waals surface area contributed by atoms with E-state index >= 15 is 0 Å². The molecule has 1 heterocycles. The zero-order chi connectivity index (χ0) is 9.26. The molecular weight excluding hydrogens is 160 g/mol. The van der Waals surface area contributed by atoms with E-state index in [0.717, 1.165) is 17.8 Å². The van der Waals surface area contributed by atoms with Crippen LogP contribution in [0.25, 0.3) is 11.0 Å². The van der Waals surface area contributed by atoms with E-state index in [1.807, 2.05) is 18.2 Å². The lowest BCUT2D eigenvalue weighted by Gasteiger charge is -2.01. The quantitative estimate of drug-likeness (QED) is 0.672. The molecule has 0 fully saturated rings. The summed E-state index contributed by atoms with van der Waals surface area (Å²) >= 11 is 0. The first-order valence-corrected chi connectivity index (χ1v) is 4.79. The molecule has 0 aliphatic heterocycles. The largest absolute Gasteiger partial charge is 0.461 e. The summed E-state index contributed by atoms with van der Waals surface area (Å²) in [6, 6.07) is 10.3. The Morgan fingerprint density at radius 1 is 1.31 bits per heavy atom. The van der Waals surface area contributed by atoms with Crippen molar-refractivity contribution in [2.45, 2.75) is 26.2 Å². The predicted octanol–water partition coefficient (Wildman–Crippen LogP) is 3.95. The molecular formula is C12H14O. The van der Waals surface area contributed by atoms with E-state index < -0.39 is 0 Å². The summed E-state index contributed by atoms with van der Waals surface area (Å²) in [7, 11) is 0. The van der Waals surface area contributed by atoms with Crippen molar-refractivity contribution < 1.29 is 4.42 Å². The van der Waals surface area contributed by atoms with Crippen molar-refractivity contribution in [2.75, 3.05) is 0 Å². The van der Waals surface area contributed by atoms with Gasteiger partial charge in [0.15, 0.2) is 0 Å². The van der Waals surface area contributed by atoms with Gasteiger partial charge in [0.25, 0.3) is 0 Å². The molecule has 2 rings (SSSR count). The molecule has 0 bridgehead atoms. The first-order valence-electron chi connectivity index (χ1n) is 4.79. The normalized spacial score (nSPS) is 13.4. The molecule has 1 heteroatoms. The van der Waals surface area contributed by atoms with Crippen LogP contribution in [0.2, 0.25) is 0 Å². The first kappa shape index (κ1) is 8.36. The second-order valence-corrected chi connectivity index (χ2v) is 3.50. The van der Waals surface area contributed by atoms with Crippen LogP contribution in [0, 0.1) is 0 Å². The van der Waals surface area contributed by atoms with Gasteiger partial charge in [-0.15, -0.1) is 0 Å². The maximum Gasteiger partial charge on any atom is 0.134 e. The number of furan rings is 1. The van der Waals surface area contributed by atoms with Gasteiger partial charge < -0.3 is 4.42 Å². The third-order valence-electron chi connectivity index (χ3n) is 2.54. The highest BCUT2D eigenvalue weighted by Gasteiger charge is 2.08. The van der Waals surface area contributed by atoms with Crippen molar-refractivity contribution in [1.82, 2.24) is 0 Å². The minimum atomic E-state index is 0.521. The lowest BCUT2D eigenvalue weighted by molar-refractivity contribution is 0.499. The number of fused-ring (bicyclic) bond motifs is 1. The van der Waals surface area contributed by atoms with Crippen LogP contribution in [-0.4, -0.2) is 0 Å². The number of hydrogen-bond acceptors (Lipinski definition) is 1. The number of benzene rings is 1. The third kappa shape index (κ3) is 1.46. The molecule has 1 nitrogen and oxygen atoms in total. The van der Waals surface area contributed by atoms with E-state index in [0.29, 0.717) is 5.92 Å². The number of rotatable bonds is 2. The monoisotopic (exact) mass is 174 g/mol. The first-order chi connectivity index (χ1) is 6.31. The fourth-order valence-corrected chi connectivity index (χ4v) is 1.45. The lowest BCUT2D eigenvalue weighted by atomic mass is 10.1. The maximum atomic E-state index is 5.72. The third-order valence-corrected chi connectivity index (χ3v) is 2.54. The van der Waals surface area contributed by atoms with Crippen LogP contribution in [-0.2, 0) is 0 Å². The van der Waals surface area contributed by atoms with Crippen LogP contribution in [0.4, 0.5) is 0 Å². The summed E-state index contributed by atoms with van der Waals surface area (Å²) in [5, 5.41) is 1.21. The van der Waals surface area contributed by atoms with Gasteiger partial charge in [-0.05, 0) is 18.6 Å². The minimum absolute atomic E-state index is 0.521. The molecule has 0 radical (unpaired) electrons. The molecule has 0 aliphatic carbocycles. The molecule has 1 aromatic carbocycles. The van der Waals surface area contributed by atoms with Gasteiger partial charge in [-0.2, -0.15) is 0 Å². The Morgan fingerprint density at radius 3 is 2.77 bits per heavy atom. The molecule has 0 spiro atoms. The van der Waals surface area contributed by atoms with E-state index in [2.05, 4.69) is 26.0 Å². The molecule has 13 heavy (non-hydrogen) atoms. The van der Waals surface area contributed by atoms with Gasteiger partial charge in [-0.3, -0.25) is 0 Å². The maximum absolute atomic E-state index is 5.72. The zero-order valence-electron chi connectivity index (χ0n) is 8.08. The van der Waals surface area contributed by atoms with E-state index in [1.165, 1.54) is 5.39 Å². The topological polar surface area (TPSA) is 13.1 Å². The molecule has 1 atom stereocenters. The van der Waals surface area contributed by atoms with Crippen molar-refractivity contribution in [3.8, 4) is 0 Å². The average molecular weight is 174 g/mol. The smallest absolute Gasteiger partial charge is 0.134 e. The molecule has 0 aliphatic rings. The Bertz CT molecular complexity index is 367. The number of hydrogen-bond donors (Lipinski definition) is 0. The Kier molecular flexibility index (Phi) is 2.09. The van der Waals surface area contributed by atoms with Gasteiger partial charge in [-0.1, -0.05) is 32.0 Å². The molecule has 0 saturated heterocycles. The van der Waals surface area contributed by atoms with E-state index in [9.17, 15) is 0 Å². The van der Waals surface area contributed by atoms with Crippen LogP contribution >= 0.6 is 0 Å². The predicted molar refractivity (Wildman–Crippen MR) is 54.9 cm³/mol. The van der Waals surface area contributed by atoms with Gasteiger partial charge >= 0.3 is 0 Å². The van der Waals surface area contributed by atoms with E-state index in [1.54, 1.807) is 0 Å². The Morgan fingerprint density at radius 2 is 2.08 bits per heavy atom. The van der Waals surface area contributed by atoms with Crippen molar-refractivity contribution in [1.29, 1.82) is 0 Å². The van der Waals surface area contributed by atoms with Crippen molar-refractivity contribution in [2.24, 2.45) is 0 Å². The molecule has 0 saturated carbocycles.